The zero-order valence-corrected chi connectivity index (χ0v) is 13.2. The van der Waals surface area contributed by atoms with Gasteiger partial charge in [-0.25, -0.2) is 0 Å². The number of nitrogens with zero attached hydrogens (tertiary/aromatic N) is 2. The van der Waals surface area contributed by atoms with Gasteiger partial charge in [-0.1, -0.05) is 12.8 Å². The van der Waals surface area contributed by atoms with E-state index in [1.165, 1.54) is 31.5 Å². The number of nitrogens with one attached hydrogen (secondary N) is 2. The number of nitro groups is 1. The monoisotopic (exact) mass is 330 g/mol. The lowest BCUT2D eigenvalue weighted by molar-refractivity contribution is -0.384. The number of non-ortho nitro benzene ring substituents is 1. The van der Waals surface area contributed by atoms with E-state index in [1.807, 2.05) is 6.07 Å². The quantitative estimate of drug-likeness (QED) is 0.358. The molecule has 1 aliphatic carbocycles. The van der Waals surface area contributed by atoms with Gasteiger partial charge in [0.05, 0.1) is 23.8 Å². The van der Waals surface area contributed by atoms with Gasteiger partial charge in [0, 0.05) is 18.3 Å². The minimum absolute atomic E-state index is 0.0673. The molecular weight excluding hydrogens is 312 g/mol. The van der Waals surface area contributed by atoms with Crippen LogP contribution in [0.25, 0.3) is 0 Å². The van der Waals surface area contributed by atoms with Gasteiger partial charge in [-0.15, -0.1) is 0 Å². The Labute approximate surface area is 139 Å². The summed E-state index contributed by atoms with van der Waals surface area (Å²) in [6.07, 6.45) is 5.74. The predicted octanol–water partition coefficient (Wildman–Crippen LogP) is 2.48. The van der Waals surface area contributed by atoms with Gasteiger partial charge in [-0.2, -0.15) is 5.26 Å². The van der Waals surface area contributed by atoms with Crippen molar-refractivity contribution in [2.45, 2.75) is 31.7 Å². The maximum atomic E-state index is 12.2. The molecule has 0 aliphatic heterocycles. The van der Waals surface area contributed by atoms with Gasteiger partial charge in [-0.3, -0.25) is 14.9 Å². The predicted molar refractivity (Wildman–Crippen MR) is 87.4 cm³/mol. The molecule has 0 saturated heterocycles. The lowest BCUT2D eigenvalue weighted by Crippen LogP contribution is -2.23. The summed E-state index contributed by atoms with van der Waals surface area (Å²) in [5.74, 6) is -0.450. The summed E-state index contributed by atoms with van der Waals surface area (Å²) in [6.45, 7) is 0. The molecule has 0 spiro atoms. The number of anilines is 1. The molecule has 0 radical (unpaired) electrons. The Morgan fingerprint density at radius 2 is 2.17 bits per heavy atom. The lowest BCUT2D eigenvalue weighted by Gasteiger charge is -2.11. The minimum atomic E-state index is -0.602. The molecule has 2 rings (SSSR count). The third kappa shape index (κ3) is 4.23. The second-order valence-electron chi connectivity index (χ2n) is 5.41. The zero-order chi connectivity index (χ0) is 17.5. The number of rotatable bonds is 6. The molecule has 0 aromatic heterocycles. The molecule has 24 heavy (non-hydrogen) atoms. The van der Waals surface area contributed by atoms with Crippen molar-refractivity contribution in [3.63, 3.8) is 0 Å². The SMILES string of the molecule is COc1cc([N+](=O)[O-])ccc1NC(=O)/C(C#N)=C\NC1CCCC1. The van der Waals surface area contributed by atoms with E-state index >= 15 is 0 Å². The molecule has 1 saturated carbocycles. The molecule has 8 nitrogen and oxygen atoms in total. The first-order valence-electron chi connectivity index (χ1n) is 7.55. The van der Waals surface area contributed by atoms with Crippen molar-refractivity contribution in [3.8, 4) is 11.8 Å². The van der Waals surface area contributed by atoms with Crippen LogP contribution in [0.15, 0.2) is 30.0 Å². The Balaban J connectivity index is 2.10. The maximum absolute atomic E-state index is 12.2. The van der Waals surface area contributed by atoms with Crippen LogP contribution in [0.2, 0.25) is 0 Å². The van der Waals surface area contributed by atoms with Gasteiger partial charge in [-0.05, 0) is 18.9 Å². The Kier molecular flexibility index (Phi) is 5.73. The summed E-state index contributed by atoms with van der Waals surface area (Å²) in [5, 5.41) is 25.5. The normalized spacial score (nSPS) is 14.8. The molecule has 1 amide bonds. The van der Waals surface area contributed by atoms with Crippen molar-refractivity contribution in [2.75, 3.05) is 12.4 Å². The first-order valence-corrected chi connectivity index (χ1v) is 7.55. The average molecular weight is 330 g/mol. The Bertz CT molecular complexity index is 703. The maximum Gasteiger partial charge on any atom is 0.273 e. The topological polar surface area (TPSA) is 117 Å². The van der Waals surface area contributed by atoms with Crippen molar-refractivity contribution in [1.29, 1.82) is 5.26 Å². The number of benzene rings is 1. The summed E-state index contributed by atoms with van der Waals surface area (Å²) in [7, 11) is 1.34. The van der Waals surface area contributed by atoms with Crippen molar-refractivity contribution in [3.05, 3.63) is 40.1 Å². The Morgan fingerprint density at radius 1 is 1.46 bits per heavy atom. The van der Waals surface area contributed by atoms with E-state index in [9.17, 15) is 14.9 Å². The van der Waals surface area contributed by atoms with E-state index in [-0.39, 0.29) is 28.7 Å². The van der Waals surface area contributed by atoms with E-state index in [0.717, 1.165) is 25.7 Å². The highest BCUT2D eigenvalue weighted by molar-refractivity contribution is 6.07. The van der Waals surface area contributed by atoms with Gasteiger partial charge in [0.25, 0.3) is 11.6 Å². The van der Waals surface area contributed by atoms with Crippen LogP contribution in [-0.2, 0) is 4.79 Å². The van der Waals surface area contributed by atoms with Gasteiger partial charge < -0.3 is 15.4 Å². The standard InChI is InChI=1S/C16H18N4O4/c1-24-15-8-13(20(22)23)6-7-14(15)19-16(21)11(9-17)10-18-12-4-2-3-5-12/h6-8,10,12,18H,2-5H2,1H3,(H,19,21)/b11-10-. The molecule has 0 unspecified atom stereocenters. The second-order valence-corrected chi connectivity index (χ2v) is 5.41. The number of carbonyl (C=O) groups is 1. The fourth-order valence-corrected chi connectivity index (χ4v) is 2.53. The summed E-state index contributed by atoms with van der Waals surface area (Å²) in [5.41, 5.74) is 0.0428. The smallest absolute Gasteiger partial charge is 0.273 e. The number of carbonyl (C=O) groups excluding carboxylic acids is 1. The van der Waals surface area contributed by atoms with Crippen LogP contribution in [0.4, 0.5) is 11.4 Å². The molecule has 1 aliphatic rings. The third-order valence-corrected chi connectivity index (χ3v) is 3.83. The van der Waals surface area contributed by atoms with Gasteiger partial charge in [0.15, 0.2) is 0 Å². The van der Waals surface area contributed by atoms with Gasteiger partial charge in [0.2, 0.25) is 0 Å². The third-order valence-electron chi connectivity index (χ3n) is 3.83. The van der Waals surface area contributed by atoms with E-state index in [0.29, 0.717) is 0 Å². The Hall–Kier alpha value is -3.08. The van der Waals surface area contributed by atoms with E-state index in [2.05, 4.69) is 10.6 Å². The minimum Gasteiger partial charge on any atom is -0.494 e. The highest BCUT2D eigenvalue weighted by atomic mass is 16.6. The molecule has 0 atom stereocenters. The molecular formula is C16H18N4O4. The average Bonchev–Trinajstić information content (AvgIpc) is 3.09. The van der Waals surface area contributed by atoms with Crippen LogP contribution >= 0.6 is 0 Å². The summed E-state index contributed by atoms with van der Waals surface area (Å²) >= 11 is 0. The number of amides is 1. The van der Waals surface area contributed by atoms with Crippen LogP contribution in [0.5, 0.6) is 5.75 Å². The molecule has 1 aromatic rings. The van der Waals surface area contributed by atoms with Crippen LogP contribution < -0.4 is 15.4 Å². The van der Waals surface area contributed by atoms with Crippen molar-refractivity contribution in [2.24, 2.45) is 0 Å². The number of hydrogen-bond donors (Lipinski definition) is 2. The Morgan fingerprint density at radius 3 is 2.75 bits per heavy atom. The number of nitriles is 1. The number of nitro benzene ring substituents is 1. The fraction of sp³-hybridized carbons (Fsp3) is 0.375. The fourth-order valence-electron chi connectivity index (χ4n) is 2.53. The molecule has 1 aromatic carbocycles. The molecule has 0 bridgehead atoms. The molecule has 2 N–H and O–H groups in total. The molecule has 1 fully saturated rings. The summed E-state index contributed by atoms with van der Waals surface area (Å²) < 4.78 is 5.05. The van der Waals surface area contributed by atoms with Crippen LogP contribution in [0.3, 0.4) is 0 Å². The highest BCUT2D eigenvalue weighted by Crippen LogP contribution is 2.29. The molecule has 8 heteroatoms. The molecule has 0 heterocycles. The number of methoxy groups -OCH3 is 1. The van der Waals surface area contributed by atoms with Gasteiger partial charge >= 0.3 is 0 Å². The van der Waals surface area contributed by atoms with Crippen molar-refractivity contribution < 1.29 is 14.5 Å². The van der Waals surface area contributed by atoms with E-state index < -0.39 is 10.8 Å². The first kappa shape index (κ1) is 17.3. The highest BCUT2D eigenvalue weighted by Gasteiger charge is 2.17. The second kappa shape index (κ2) is 7.97. The summed E-state index contributed by atoms with van der Waals surface area (Å²) in [4.78, 5) is 22.4. The number of hydrogen-bond acceptors (Lipinski definition) is 6. The summed E-state index contributed by atoms with van der Waals surface area (Å²) in [6, 6.07) is 5.97. The van der Waals surface area contributed by atoms with E-state index in [4.69, 9.17) is 10.00 Å². The molecule has 126 valence electrons. The number of ether oxygens (including phenoxy) is 1. The van der Waals surface area contributed by atoms with Crippen LogP contribution in [0.1, 0.15) is 25.7 Å². The van der Waals surface area contributed by atoms with Crippen LogP contribution in [0, 0.1) is 21.4 Å². The zero-order valence-electron chi connectivity index (χ0n) is 13.2. The van der Waals surface area contributed by atoms with Crippen molar-refractivity contribution >= 4 is 17.3 Å². The van der Waals surface area contributed by atoms with E-state index in [1.54, 1.807) is 0 Å². The lowest BCUT2D eigenvalue weighted by atomic mass is 10.2. The van der Waals surface area contributed by atoms with Gasteiger partial charge in [0.1, 0.15) is 17.4 Å². The first-order chi connectivity index (χ1) is 11.5. The van der Waals surface area contributed by atoms with Crippen LogP contribution in [-0.4, -0.2) is 24.0 Å². The van der Waals surface area contributed by atoms with Crippen molar-refractivity contribution in [1.82, 2.24) is 5.32 Å². The largest absolute Gasteiger partial charge is 0.494 e.